The van der Waals surface area contributed by atoms with Gasteiger partial charge >= 0.3 is 0 Å². The number of nitrogens with zero attached hydrogens (tertiary/aromatic N) is 4. The zero-order chi connectivity index (χ0) is 33.6. The van der Waals surface area contributed by atoms with Gasteiger partial charge in [-0.25, -0.2) is 9.37 Å². The first-order valence-electron chi connectivity index (χ1n) is 16.2. The van der Waals surface area contributed by atoms with Crippen molar-refractivity contribution in [1.82, 2.24) is 25.5 Å². The topological polar surface area (TPSA) is 90.5 Å². The monoisotopic (exact) mass is 656 g/mol. The normalized spacial score (nSPS) is 15.4. The molecule has 0 aliphatic carbocycles. The summed E-state index contributed by atoms with van der Waals surface area (Å²) in [6.45, 7) is 6.86. The molecule has 0 spiro atoms. The minimum atomic E-state index is -1.46. The quantitative estimate of drug-likeness (QED) is 0.157. The zero-order valence-electron chi connectivity index (χ0n) is 27.9. The van der Waals surface area contributed by atoms with Gasteiger partial charge in [0.1, 0.15) is 10.7 Å². The third kappa shape index (κ3) is 9.02. The highest BCUT2D eigenvalue weighted by molar-refractivity contribution is 7.09. The van der Waals surface area contributed by atoms with Crippen LogP contribution in [0.15, 0.2) is 72.4 Å². The number of hydrogen-bond donors (Lipinski definition) is 2. The molecule has 0 bridgehead atoms. The lowest BCUT2D eigenvalue weighted by Gasteiger charge is -2.25. The number of hydrogen-bond acceptors (Lipinski definition) is 7. The van der Waals surface area contributed by atoms with Crippen molar-refractivity contribution in [3.8, 4) is 0 Å². The number of aryl methyl sites for hydroxylation is 1. The van der Waals surface area contributed by atoms with Crippen molar-refractivity contribution in [3.05, 3.63) is 111 Å². The van der Waals surface area contributed by atoms with Gasteiger partial charge < -0.3 is 20.4 Å². The maximum atomic E-state index is 14.4. The largest absolute Gasteiger partial charge is 0.378 e. The van der Waals surface area contributed by atoms with Crippen LogP contribution in [0.25, 0.3) is 0 Å². The fraction of sp³-hybridized carbons (Fsp3) is 0.405. The van der Waals surface area contributed by atoms with Crippen LogP contribution in [0.5, 0.6) is 0 Å². The second kappa shape index (κ2) is 15.2. The summed E-state index contributed by atoms with van der Waals surface area (Å²) >= 11 is 1.59. The number of anilines is 1. The Morgan fingerprint density at radius 1 is 1.09 bits per heavy atom. The zero-order valence-corrected chi connectivity index (χ0v) is 28.7. The molecule has 2 amide bonds. The first-order valence-corrected chi connectivity index (χ1v) is 17.1. The summed E-state index contributed by atoms with van der Waals surface area (Å²) in [6.07, 6.45) is 6.42. The SMILES string of the molecule is Cc1csc([C@H]2CCCN2C(=O)c2cc(C(=O)N[C@H](CCNCc3cncc(C(C)(C)F)c3)Cc3ccccc3)cc(N(C)C)c2)n1. The van der Waals surface area contributed by atoms with Crippen molar-refractivity contribution in [1.29, 1.82) is 0 Å². The number of aromatic nitrogens is 2. The van der Waals surface area contributed by atoms with Crippen LogP contribution >= 0.6 is 11.3 Å². The van der Waals surface area contributed by atoms with Crippen LogP contribution in [0.3, 0.4) is 0 Å². The number of pyridine rings is 1. The highest BCUT2D eigenvalue weighted by Gasteiger charge is 2.33. The molecule has 2 aromatic heterocycles. The number of carbonyl (C=O) groups excluding carboxylic acids is 2. The van der Waals surface area contributed by atoms with Gasteiger partial charge in [-0.3, -0.25) is 14.6 Å². The Morgan fingerprint density at radius 3 is 2.55 bits per heavy atom. The van der Waals surface area contributed by atoms with E-state index in [0.717, 1.165) is 40.4 Å². The van der Waals surface area contributed by atoms with Crippen molar-refractivity contribution < 1.29 is 14.0 Å². The number of halogens is 1. The summed E-state index contributed by atoms with van der Waals surface area (Å²) in [5, 5.41) is 9.67. The van der Waals surface area contributed by atoms with Crippen LogP contribution in [0.2, 0.25) is 0 Å². The van der Waals surface area contributed by atoms with Crippen LogP contribution in [-0.4, -0.2) is 59.9 Å². The predicted octanol–water partition coefficient (Wildman–Crippen LogP) is 6.62. The third-order valence-corrected chi connectivity index (χ3v) is 9.58. The smallest absolute Gasteiger partial charge is 0.254 e. The number of carbonyl (C=O) groups is 2. The summed E-state index contributed by atoms with van der Waals surface area (Å²) in [6, 6.07) is 17.1. The van der Waals surface area contributed by atoms with Gasteiger partial charge in [-0.15, -0.1) is 11.3 Å². The maximum Gasteiger partial charge on any atom is 0.254 e. The van der Waals surface area contributed by atoms with Crippen LogP contribution in [0, 0.1) is 6.92 Å². The second-order valence-electron chi connectivity index (χ2n) is 13.0. The summed E-state index contributed by atoms with van der Waals surface area (Å²) in [5.74, 6) is -0.308. The highest BCUT2D eigenvalue weighted by atomic mass is 32.1. The van der Waals surface area contributed by atoms with E-state index in [-0.39, 0.29) is 23.9 Å². The molecule has 8 nitrogen and oxygen atoms in total. The molecule has 2 aromatic carbocycles. The molecule has 1 aliphatic rings. The number of alkyl halides is 1. The number of rotatable bonds is 13. The number of likely N-dealkylation sites (tertiary alicyclic amines) is 1. The fourth-order valence-electron chi connectivity index (χ4n) is 5.89. The molecule has 47 heavy (non-hydrogen) atoms. The maximum absolute atomic E-state index is 14.4. The van der Waals surface area contributed by atoms with Crippen LogP contribution < -0.4 is 15.5 Å². The lowest BCUT2D eigenvalue weighted by Crippen LogP contribution is -2.39. The van der Waals surface area contributed by atoms with E-state index in [4.69, 9.17) is 0 Å². The molecule has 248 valence electrons. The Balaban J connectivity index is 1.31. The van der Waals surface area contributed by atoms with Gasteiger partial charge in [0.25, 0.3) is 11.8 Å². The molecular formula is C37H45FN6O2S. The first-order chi connectivity index (χ1) is 22.5. The Bertz CT molecular complexity index is 1670. The average Bonchev–Trinajstić information content (AvgIpc) is 3.72. The van der Waals surface area contributed by atoms with E-state index in [2.05, 4.69) is 32.7 Å². The van der Waals surface area contributed by atoms with Crippen molar-refractivity contribution in [2.45, 2.75) is 70.8 Å². The Morgan fingerprint density at radius 2 is 1.85 bits per heavy atom. The average molecular weight is 657 g/mol. The summed E-state index contributed by atoms with van der Waals surface area (Å²) in [4.78, 5) is 40.5. The summed E-state index contributed by atoms with van der Waals surface area (Å²) in [7, 11) is 3.82. The summed E-state index contributed by atoms with van der Waals surface area (Å²) < 4.78 is 14.4. The van der Waals surface area contributed by atoms with Crippen molar-refractivity contribution in [2.75, 3.05) is 32.1 Å². The van der Waals surface area contributed by atoms with E-state index in [1.807, 2.05) is 72.6 Å². The predicted molar refractivity (Wildman–Crippen MR) is 187 cm³/mol. The van der Waals surface area contributed by atoms with Crippen LogP contribution in [-0.2, 0) is 18.6 Å². The molecule has 2 N–H and O–H groups in total. The van der Waals surface area contributed by atoms with Gasteiger partial charge in [-0.1, -0.05) is 30.3 Å². The van der Waals surface area contributed by atoms with Crippen molar-refractivity contribution in [2.24, 2.45) is 0 Å². The summed E-state index contributed by atoms with van der Waals surface area (Å²) in [5.41, 5.74) is 3.80. The van der Waals surface area contributed by atoms with E-state index in [0.29, 0.717) is 49.2 Å². The molecule has 0 unspecified atom stereocenters. The van der Waals surface area contributed by atoms with Gasteiger partial charge in [0.2, 0.25) is 0 Å². The van der Waals surface area contributed by atoms with E-state index in [1.165, 1.54) is 13.8 Å². The molecule has 1 fully saturated rings. The number of amides is 2. The van der Waals surface area contributed by atoms with Gasteiger partial charge in [0.15, 0.2) is 0 Å². The Kier molecular flexibility index (Phi) is 11.0. The van der Waals surface area contributed by atoms with Crippen LogP contribution in [0.4, 0.5) is 10.1 Å². The van der Waals surface area contributed by atoms with Crippen molar-refractivity contribution >= 4 is 28.8 Å². The van der Waals surface area contributed by atoms with E-state index < -0.39 is 5.67 Å². The third-order valence-electron chi connectivity index (χ3n) is 8.52. The van der Waals surface area contributed by atoms with Gasteiger partial charge in [0, 0.05) is 79.1 Å². The standard InChI is InChI=1S/C37H45FN6O2S/c1-25-24-47-35(41-25)33-12-9-15-44(33)36(46)29-18-28(19-32(20-29)43(4)5)34(45)42-31(17-26-10-7-6-8-11-26)13-14-39-21-27-16-30(23-40-22-27)37(2,3)38/h6-8,10-11,16,18-20,22-24,31,33,39H,9,12-15,17,21H2,1-5H3,(H,42,45)/t31-,33-/m1/s1. The van der Waals surface area contributed by atoms with E-state index >= 15 is 0 Å². The minimum Gasteiger partial charge on any atom is -0.378 e. The number of benzene rings is 2. The van der Waals surface area contributed by atoms with Gasteiger partial charge in [-0.05, 0) is 88.4 Å². The molecule has 10 heteroatoms. The van der Waals surface area contributed by atoms with Crippen LogP contribution in [0.1, 0.15) is 87.3 Å². The molecule has 2 atom stereocenters. The fourth-order valence-corrected chi connectivity index (χ4v) is 6.84. The molecule has 1 saturated heterocycles. The lowest BCUT2D eigenvalue weighted by atomic mass is 10.0. The second-order valence-corrected chi connectivity index (χ2v) is 13.9. The van der Waals surface area contributed by atoms with Crippen molar-refractivity contribution in [3.63, 3.8) is 0 Å². The molecule has 3 heterocycles. The molecule has 5 rings (SSSR count). The Hall–Kier alpha value is -4.15. The Labute approximate surface area is 281 Å². The molecule has 1 aliphatic heterocycles. The van der Waals surface area contributed by atoms with E-state index in [1.54, 1.807) is 29.8 Å². The first kappa shape index (κ1) is 34.2. The van der Waals surface area contributed by atoms with Gasteiger partial charge in [0.05, 0.1) is 6.04 Å². The highest BCUT2D eigenvalue weighted by Crippen LogP contribution is 2.35. The molecular weight excluding hydrogens is 612 g/mol. The molecule has 0 radical (unpaired) electrons. The molecule has 0 saturated carbocycles. The lowest BCUT2D eigenvalue weighted by molar-refractivity contribution is 0.0735. The number of nitrogens with one attached hydrogen (secondary N) is 2. The minimum absolute atomic E-state index is 0.0500. The van der Waals surface area contributed by atoms with Gasteiger partial charge in [-0.2, -0.15) is 0 Å². The number of thiazole rings is 1. The van der Waals surface area contributed by atoms with E-state index in [9.17, 15) is 14.0 Å². The molecule has 4 aromatic rings.